The zero-order valence-corrected chi connectivity index (χ0v) is 17.7. The van der Waals surface area contributed by atoms with Gasteiger partial charge < -0.3 is 14.4 Å². The second-order valence-electron chi connectivity index (χ2n) is 9.28. The molecule has 2 fully saturated rings. The van der Waals surface area contributed by atoms with Crippen LogP contribution in [0.3, 0.4) is 0 Å². The number of aryl methyl sites for hydroxylation is 1. The Morgan fingerprint density at radius 2 is 1.48 bits per heavy atom. The first-order valence-corrected chi connectivity index (χ1v) is 10.5. The van der Waals surface area contributed by atoms with Gasteiger partial charge in [0.05, 0.1) is 5.56 Å². The van der Waals surface area contributed by atoms with Crippen LogP contribution in [0.2, 0.25) is 0 Å². The highest BCUT2D eigenvalue weighted by Gasteiger charge is 2.32. The average Bonchev–Trinajstić information content (AvgIpc) is 2.95. The van der Waals surface area contributed by atoms with Crippen molar-refractivity contribution in [1.82, 2.24) is 14.4 Å². The van der Waals surface area contributed by atoms with Crippen LogP contribution >= 0.6 is 0 Å². The molecule has 0 unspecified atom stereocenters. The van der Waals surface area contributed by atoms with Gasteiger partial charge in [-0.3, -0.25) is 9.59 Å². The maximum absolute atomic E-state index is 13.2. The highest BCUT2D eigenvalue weighted by molar-refractivity contribution is 5.96. The average molecular weight is 374 g/mol. The van der Waals surface area contributed by atoms with Gasteiger partial charge in [0.2, 0.25) is 5.91 Å². The van der Waals surface area contributed by atoms with E-state index in [1.165, 1.54) is 37.8 Å². The molecule has 0 bridgehead atoms. The van der Waals surface area contributed by atoms with E-state index in [0.29, 0.717) is 32.2 Å². The van der Waals surface area contributed by atoms with Crippen LogP contribution in [0.4, 0.5) is 0 Å². The summed E-state index contributed by atoms with van der Waals surface area (Å²) in [6.45, 7) is 12.6. The number of piperazine rings is 1. The van der Waals surface area contributed by atoms with E-state index in [-0.39, 0.29) is 17.2 Å². The highest BCUT2D eigenvalue weighted by atomic mass is 16.2. The highest BCUT2D eigenvalue weighted by Crippen LogP contribution is 2.32. The molecule has 5 heteroatoms. The quantitative estimate of drug-likeness (QED) is 0.788. The first-order chi connectivity index (χ1) is 12.7. The zero-order valence-electron chi connectivity index (χ0n) is 17.7. The normalized spacial score (nSPS) is 19.4. The van der Waals surface area contributed by atoms with Crippen LogP contribution < -0.4 is 0 Å². The van der Waals surface area contributed by atoms with E-state index in [1.54, 1.807) is 0 Å². The Labute approximate surface area is 163 Å². The van der Waals surface area contributed by atoms with E-state index in [1.807, 2.05) is 30.6 Å². The largest absolute Gasteiger partial charge is 0.345 e. The number of nitrogens with zero attached hydrogens (tertiary/aromatic N) is 3. The monoisotopic (exact) mass is 373 g/mol. The Bertz CT molecular complexity index is 700. The van der Waals surface area contributed by atoms with Crippen molar-refractivity contribution in [2.24, 2.45) is 5.41 Å². The number of rotatable bonds is 2. The molecule has 0 N–H and O–H groups in total. The molecule has 1 aliphatic heterocycles. The molecular formula is C22H35N3O2. The van der Waals surface area contributed by atoms with Crippen LogP contribution in [0.1, 0.15) is 80.7 Å². The third kappa shape index (κ3) is 4.07. The minimum Gasteiger partial charge on any atom is -0.345 e. The molecule has 3 rings (SSSR count). The fourth-order valence-corrected chi connectivity index (χ4v) is 4.65. The first-order valence-electron chi connectivity index (χ1n) is 10.5. The predicted octanol–water partition coefficient (Wildman–Crippen LogP) is 3.94. The zero-order chi connectivity index (χ0) is 19.8. The molecule has 5 nitrogen and oxygen atoms in total. The van der Waals surface area contributed by atoms with Crippen molar-refractivity contribution in [1.29, 1.82) is 0 Å². The van der Waals surface area contributed by atoms with Crippen LogP contribution in [-0.4, -0.2) is 52.4 Å². The van der Waals surface area contributed by atoms with E-state index in [9.17, 15) is 9.59 Å². The summed E-state index contributed by atoms with van der Waals surface area (Å²) in [5, 5.41) is 0. The molecule has 0 spiro atoms. The topological polar surface area (TPSA) is 45.6 Å². The third-order valence-corrected chi connectivity index (χ3v) is 6.15. The minimum absolute atomic E-state index is 0.119. The van der Waals surface area contributed by atoms with E-state index in [0.717, 1.165) is 11.3 Å². The van der Waals surface area contributed by atoms with E-state index in [4.69, 9.17) is 0 Å². The lowest BCUT2D eigenvalue weighted by atomic mass is 9.94. The smallest absolute Gasteiger partial charge is 0.255 e. The van der Waals surface area contributed by atoms with Gasteiger partial charge in [0.15, 0.2) is 0 Å². The molecule has 27 heavy (non-hydrogen) atoms. The van der Waals surface area contributed by atoms with E-state index < -0.39 is 0 Å². The number of aromatic nitrogens is 1. The summed E-state index contributed by atoms with van der Waals surface area (Å²) in [6.07, 6.45) is 6.35. The lowest BCUT2D eigenvalue weighted by Crippen LogP contribution is -2.53. The second kappa shape index (κ2) is 7.69. The molecule has 0 radical (unpaired) electrons. The van der Waals surface area contributed by atoms with Crippen molar-refractivity contribution in [2.45, 2.75) is 72.8 Å². The molecule has 2 heterocycles. The van der Waals surface area contributed by atoms with Gasteiger partial charge in [0.25, 0.3) is 5.91 Å². The number of amides is 2. The molecule has 0 aromatic carbocycles. The van der Waals surface area contributed by atoms with Gasteiger partial charge in [-0.15, -0.1) is 0 Å². The summed E-state index contributed by atoms with van der Waals surface area (Å²) < 4.78 is 2.39. The van der Waals surface area contributed by atoms with Crippen molar-refractivity contribution in [3.05, 3.63) is 23.0 Å². The molecule has 1 aliphatic carbocycles. The number of carbonyl (C=O) groups excluding carboxylic acids is 2. The Kier molecular flexibility index (Phi) is 5.68. The van der Waals surface area contributed by atoms with Gasteiger partial charge >= 0.3 is 0 Å². The van der Waals surface area contributed by atoms with Crippen molar-refractivity contribution >= 4 is 11.8 Å². The molecular weight excluding hydrogens is 338 g/mol. The van der Waals surface area contributed by atoms with Crippen molar-refractivity contribution < 1.29 is 9.59 Å². The molecule has 0 atom stereocenters. The molecule has 2 amide bonds. The summed E-state index contributed by atoms with van der Waals surface area (Å²) in [6, 6.07) is 2.61. The number of hydrogen-bond donors (Lipinski definition) is 0. The number of carbonyl (C=O) groups is 2. The van der Waals surface area contributed by atoms with Gasteiger partial charge in [-0.05, 0) is 32.8 Å². The molecule has 1 saturated carbocycles. The Hall–Kier alpha value is -1.78. The van der Waals surface area contributed by atoms with Gasteiger partial charge in [-0.2, -0.15) is 0 Å². The SMILES string of the molecule is Cc1cc(C(=O)N2CCN(C(=O)C(C)(C)C)CC2)c(C)n1C1CCCCC1. The lowest BCUT2D eigenvalue weighted by molar-refractivity contribution is -0.140. The van der Waals surface area contributed by atoms with Crippen LogP contribution in [0, 0.1) is 19.3 Å². The summed E-state index contributed by atoms with van der Waals surface area (Å²) in [7, 11) is 0. The van der Waals surface area contributed by atoms with Gasteiger partial charge in [-0.1, -0.05) is 40.0 Å². The Morgan fingerprint density at radius 1 is 0.926 bits per heavy atom. The molecule has 150 valence electrons. The maximum atomic E-state index is 13.2. The maximum Gasteiger partial charge on any atom is 0.255 e. The minimum atomic E-state index is -0.364. The van der Waals surface area contributed by atoms with Crippen LogP contribution in [0.25, 0.3) is 0 Å². The lowest BCUT2D eigenvalue weighted by Gasteiger charge is -2.37. The van der Waals surface area contributed by atoms with Crippen LogP contribution in [0.5, 0.6) is 0 Å². The fraction of sp³-hybridized carbons (Fsp3) is 0.727. The van der Waals surface area contributed by atoms with Gasteiger partial charge in [-0.25, -0.2) is 0 Å². The third-order valence-electron chi connectivity index (χ3n) is 6.15. The summed E-state index contributed by atoms with van der Waals surface area (Å²) in [5.74, 6) is 0.290. The van der Waals surface area contributed by atoms with E-state index >= 15 is 0 Å². The van der Waals surface area contributed by atoms with Crippen molar-refractivity contribution in [2.75, 3.05) is 26.2 Å². The first kappa shape index (κ1) is 20.0. The van der Waals surface area contributed by atoms with E-state index in [2.05, 4.69) is 24.5 Å². The Balaban J connectivity index is 1.69. The molecule has 1 saturated heterocycles. The van der Waals surface area contributed by atoms with Crippen LogP contribution in [-0.2, 0) is 4.79 Å². The van der Waals surface area contributed by atoms with Crippen molar-refractivity contribution in [3.63, 3.8) is 0 Å². The van der Waals surface area contributed by atoms with Crippen LogP contribution in [0.15, 0.2) is 6.07 Å². The van der Waals surface area contributed by atoms with Gasteiger partial charge in [0, 0.05) is 49.0 Å². The molecule has 1 aromatic heterocycles. The summed E-state index contributed by atoms with van der Waals surface area (Å²) in [4.78, 5) is 29.4. The molecule has 2 aliphatic rings. The Morgan fingerprint density at radius 3 is 2.04 bits per heavy atom. The standard InChI is InChI=1S/C22H35N3O2/c1-16-15-19(17(2)25(16)18-9-7-6-8-10-18)20(26)23-11-13-24(14-12-23)21(27)22(3,4)5/h15,18H,6-14H2,1-5H3. The van der Waals surface area contributed by atoms with Crippen molar-refractivity contribution in [3.8, 4) is 0 Å². The molecule has 1 aromatic rings. The van der Waals surface area contributed by atoms with Gasteiger partial charge in [0.1, 0.15) is 0 Å². The second-order valence-corrected chi connectivity index (χ2v) is 9.28. The fourth-order valence-electron chi connectivity index (χ4n) is 4.65. The predicted molar refractivity (Wildman–Crippen MR) is 108 cm³/mol. The number of hydrogen-bond acceptors (Lipinski definition) is 2. The summed E-state index contributed by atoms with van der Waals surface area (Å²) >= 11 is 0. The summed E-state index contributed by atoms with van der Waals surface area (Å²) in [5.41, 5.74) is 2.78.